The molecule has 0 aromatic heterocycles. The van der Waals surface area contributed by atoms with E-state index in [1.165, 1.54) is 0 Å². The molecule has 0 aliphatic heterocycles. The summed E-state index contributed by atoms with van der Waals surface area (Å²) in [5.41, 5.74) is 0. The first-order valence-electron chi connectivity index (χ1n) is 5.39. The minimum atomic E-state index is -3.19. The first-order valence-corrected chi connectivity index (χ1v) is 6.83. The monoisotopic (exact) mass is 231 g/mol. The van der Waals surface area contributed by atoms with Gasteiger partial charge in [0.05, 0.1) is 4.75 Å². The highest BCUT2D eigenvalue weighted by atomic mass is 32.2. The van der Waals surface area contributed by atoms with Gasteiger partial charge in [0.2, 0.25) is 10.0 Å². The predicted molar refractivity (Wildman–Crippen MR) is 63.2 cm³/mol. The maximum atomic E-state index is 12.2. The molecule has 1 rings (SSSR count). The van der Waals surface area contributed by atoms with E-state index in [9.17, 15) is 8.42 Å². The molecule has 0 amide bonds. The molecule has 88 valence electrons. The summed E-state index contributed by atoms with van der Waals surface area (Å²) in [6, 6.07) is 0. The van der Waals surface area contributed by atoms with Crippen molar-refractivity contribution in [3.05, 3.63) is 12.7 Å². The van der Waals surface area contributed by atoms with E-state index in [0.29, 0.717) is 19.0 Å². The van der Waals surface area contributed by atoms with E-state index in [4.69, 9.17) is 0 Å². The highest BCUT2D eigenvalue weighted by Gasteiger charge is 2.37. The Morgan fingerprint density at radius 3 is 2.27 bits per heavy atom. The molecular formula is C11H21NO2S. The summed E-state index contributed by atoms with van der Waals surface area (Å²) < 4.78 is 25.2. The molecular weight excluding hydrogens is 210 g/mol. The third-order valence-corrected chi connectivity index (χ3v) is 5.13. The molecule has 0 radical (unpaired) electrons. The van der Waals surface area contributed by atoms with Gasteiger partial charge in [-0.2, -0.15) is 4.31 Å². The maximum absolute atomic E-state index is 12.2. The maximum Gasteiger partial charge on any atom is 0.219 e. The lowest BCUT2D eigenvalue weighted by Crippen LogP contribution is -2.43. The minimum Gasteiger partial charge on any atom is -0.212 e. The zero-order chi connectivity index (χ0) is 11.7. The second kappa shape index (κ2) is 4.26. The zero-order valence-electron chi connectivity index (χ0n) is 9.86. The molecule has 0 spiro atoms. The highest BCUT2D eigenvalue weighted by Crippen LogP contribution is 2.32. The molecule has 0 heterocycles. The van der Waals surface area contributed by atoms with Crippen molar-refractivity contribution in [1.82, 2.24) is 4.31 Å². The van der Waals surface area contributed by atoms with Crippen LogP contribution in [0.4, 0.5) is 0 Å². The van der Waals surface area contributed by atoms with E-state index in [0.717, 1.165) is 12.8 Å². The van der Waals surface area contributed by atoms with Gasteiger partial charge in [-0.1, -0.05) is 6.08 Å². The van der Waals surface area contributed by atoms with Gasteiger partial charge < -0.3 is 0 Å². The van der Waals surface area contributed by atoms with Gasteiger partial charge in [0.1, 0.15) is 0 Å². The number of hydrogen-bond donors (Lipinski definition) is 0. The van der Waals surface area contributed by atoms with Gasteiger partial charge in [-0.05, 0) is 39.5 Å². The Morgan fingerprint density at radius 1 is 1.40 bits per heavy atom. The van der Waals surface area contributed by atoms with E-state index < -0.39 is 14.8 Å². The van der Waals surface area contributed by atoms with Crippen molar-refractivity contribution in [1.29, 1.82) is 0 Å². The molecule has 0 saturated heterocycles. The molecule has 0 aromatic carbocycles. The third-order valence-electron chi connectivity index (χ3n) is 2.61. The average molecular weight is 231 g/mol. The molecule has 3 nitrogen and oxygen atoms in total. The van der Waals surface area contributed by atoms with Crippen LogP contribution in [0.3, 0.4) is 0 Å². The minimum absolute atomic E-state index is 0.427. The standard InChI is InChI=1S/C11H21NO2S/c1-5-8-12(9-10-6-7-10)15(13,14)11(2,3)4/h5,10H,1,6-9H2,2-4H3. The molecule has 1 aliphatic carbocycles. The van der Waals surface area contributed by atoms with Crippen LogP contribution in [0.5, 0.6) is 0 Å². The van der Waals surface area contributed by atoms with Crippen LogP contribution in [0.25, 0.3) is 0 Å². The Labute approximate surface area is 93.2 Å². The topological polar surface area (TPSA) is 37.4 Å². The smallest absolute Gasteiger partial charge is 0.212 e. The van der Waals surface area contributed by atoms with E-state index in [2.05, 4.69) is 6.58 Å². The summed E-state index contributed by atoms with van der Waals surface area (Å²) in [5, 5.41) is 0. The highest BCUT2D eigenvalue weighted by molar-refractivity contribution is 7.90. The lowest BCUT2D eigenvalue weighted by Gasteiger charge is -2.29. The molecule has 15 heavy (non-hydrogen) atoms. The lowest BCUT2D eigenvalue weighted by molar-refractivity contribution is 0.407. The van der Waals surface area contributed by atoms with E-state index in [1.54, 1.807) is 31.2 Å². The van der Waals surface area contributed by atoms with Crippen molar-refractivity contribution in [2.75, 3.05) is 13.1 Å². The van der Waals surface area contributed by atoms with Gasteiger partial charge in [0.25, 0.3) is 0 Å². The normalized spacial score (nSPS) is 18.1. The van der Waals surface area contributed by atoms with Crippen LogP contribution in [0, 0.1) is 5.92 Å². The van der Waals surface area contributed by atoms with Gasteiger partial charge in [-0.15, -0.1) is 6.58 Å². The van der Waals surface area contributed by atoms with Gasteiger partial charge in [-0.25, -0.2) is 8.42 Å². The van der Waals surface area contributed by atoms with Gasteiger partial charge in [-0.3, -0.25) is 0 Å². The fraction of sp³-hybridized carbons (Fsp3) is 0.818. The summed E-state index contributed by atoms with van der Waals surface area (Å²) in [6.45, 7) is 9.93. The fourth-order valence-corrected chi connectivity index (χ4v) is 2.87. The van der Waals surface area contributed by atoms with Crippen LogP contribution in [0.15, 0.2) is 12.7 Å². The van der Waals surface area contributed by atoms with Crippen molar-refractivity contribution in [3.63, 3.8) is 0 Å². The first kappa shape index (κ1) is 12.7. The van der Waals surface area contributed by atoms with Crippen LogP contribution < -0.4 is 0 Å². The second-order valence-electron chi connectivity index (χ2n) is 5.17. The summed E-state index contributed by atoms with van der Waals surface area (Å²) >= 11 is 0. The van der Waals surface area contributed by atoms with E-state index in [1.807, 2.05) is 0 Å². The van der Waals surface area contributed by atoms with Crippen molar-refractivity contribution in [3.8, 4) is 0 Å². The Bertz CT molecular complexity index is 323. The van der Waals surface area contributed by atoms with Crippen molar-refractivity contribution >= 4 is 10.0 Å². The largest absolute Gasteiger partial charge is 0.219 e. The zero-order valence-corrected chi connectivity index (χ0v) is 10.7. The fourth-order valence-electron chi connectivity index (χ4n) is 1.39. The van der Waals surface area contributed by atoms with Crippen molar-refractivity contribution < 1.29 is 8.42 Å². The Hall–Kier alpha value is -0.350. The lowest BCUT2D eigenvalue weighted by atomic mass is 10.3. The van der Waals surface area contributed by atoms with Crippen LogP contribution in [-0.4, -0.2) is 30.6 Å². The molecule has 1 saturated carbocycles. The SMILES string of the molecule is C=CCN(CC1CC1)S(=O)(=O)C(C)(C)C. The number of sulfonamides is 1. The summed E-state index contributed by atoms with van der Waals surface area (Å²) in [4.78, 5) is 0. The molecule has 0 unspecified atom stereocenters. The Balaban J connectivity index is 2.81. The summed E-state index contributed by atoms with van der Waals surface area (Å²) in [6.07, 6.45) is 3.98. The van der Waals surface area contributed by atoms with Crippen LogP contribution in [-0.2, 0) is 10.0 Å². The predicted octanol–water partition coefficient (Wildman–Crippen LogP) is 2.01. The van der Waals surface area contributed by atoms with Gasteiger partial charge in [0.15, 0.2) is 0 Å². The average Bonchev–Trinajstić information content (AvgIpc) is 2.85. The van der Waals surface area contributed by atoms with Gasteiger partial charge in [0, 0.05) is 13.1 Å². The quantitative estimate of drug-likeness (QED) is 0.679. The molecule has 1 fully saturated rings. The van der Waals surface area contributed by atoms with E-state index in [-0.39, 0.29) is 0 Å². The molecule has 4 heteroatoms. The number of rotatable bonds is 5. The second-order valence-corrected chi connectivity index (χ2v) is 7.86. The molecule has 0 atom stereocenters. The number of hydrogen-bond acceptors (Lipinski definition) is 2. The molecule has 0 N–H and O–H groups in total. The Kier molecular flexibility index (Phi) is 3.61. The molecule has 0 aromatic rings. The number of nitrogens with zero attached hydrogens (tertiary/aromatic N) is 1. The summed E-state index contributed by atoms with van der Waals surface area (Å²) in [7, 11) is -3.19. The first-order chi connectivity index (χ1) is 6.79. The van der Waals surface area contributed by atoms with E-state index >= 15 is 0 Å². The molecule has 0 bridgehead atoms. The summed E-state index contributed by atoms with van der Waals surface area (Å²) in [5.74, 6) is 0.571. The third kappa shape index (κ3) is 3.05. The van der Waals surface area contributed by atoms with Crippen molar-refractivity contribution in [2.45, 2.75) is 38.4 Å². The Morgan fingerprint density at radius 2 is 1.93 bits per heavy atom. The van der Waals surface area contributed by atoms with Gasteiger partial charge >= 0.3 is 0 Å². The molecule has 1 aliphatic rings. The van der Waals surface area contributed by atoms with Crippen LogP contribution in [0.1, 0.15) is 33.6 Å². The van der Waals surface area contributed by atoms with Crippen LogP contribution in [0.2, 0.25) is 0 Å². The van der Waals surface area contributed by atoms with Crippen LogP contribution >= 0.6 is 0 Å². The van der Waals surface area contributed by atoms with Crippen molar-refractivity contribution in [2.24, 2.45) is 5.92 Å².